The van der Waals surface area contributed by atoms with Crippen LogP contribution in [0.3, 0.4) is 0 Å². The second kappa shape index (κ2) is 4.44. The number of amides is 1. The average molecular weight is 208 g/mol. The molecule has 0 aliphatic carbocycles. The Kier molecular flexibility index (Phi) is 3.01. The van der Waals surface area contributed by atoms with Crippen molar-refractivity contribution in [2.75, 3.05) is 26.2 Å². The van der Waals surface area contributed by atoms with E-state index in [2.05, 4.69) is 10.4 Å². The van der Waals surface area contributed by atoms with Crippen LogP contribution in [0.15, 0.2) is 12.4 Å². The molecule has 1 aliphatic rings. The Bertz CT molecular complexity index is 341. The quantitative estimate of drug-likeness (QED) is 0.741. The lowest BCUT2D eigenvalue weighted by Crippen LogP contribution is -2.46. The lowest BCUT2D eigenvalue weighted by atomic mass is 10.2. The number of hydrogen-bond donors (Lipinski definition) is 1. The van der Waals surface area contributed by atoms with Crippen LogP contribution in [0.4, 0.5) is 0 Å². The van der Waals surface area contributed by atoms with Gasteiger partial charge in [0.25, 0.3) is 5.91 Å². The third kappa shape index (κ3) is 2.18. The van der Waals surface area contributed by atoms with Gasteiger partial charge in [0.05, 0.1) is 11.8 Å². The fourth-order valence-electron chi connectivity index (χ4n) is 1.70. The van der Waals surface area contributed by atoms with Crippen molar-refractivity contribution in [1.82, 2.24) is 20.0 Å². The Morgan fingerprint density at radius 3 is 2.87 bits per heavy atom. The zero-order valence-corrected chi connectivity index (χ0v) is 8.94. The zero-order chi connectivity index (χ0) is 10.7. The SMILES string of the molecule is CCn1cc(C(=O)N2CCNCC2)cn1. The molecule has 1 fully saturated rings. The molecule has 1 N–H and O–H groups in total. The summed E-state index contributed by atoms with van der Waals surface area (Å²) in [6.07, 6.45) is 3.46. The van der Waals surface area contributed by atoms with E-state index in [1.807, 2.05) is 18.0 Å². The van der Waals surface area contributed by atoms with E-state index in [1.54, 1.807) is 10.9 Å². The van der Waals surface area contributed by atoms with Crippen LogP contribution in [0.1, 0.15) is 17.3 Å². The first-order valence-corrected chi connectivity index (χ1v) is 5.33. The summed E-state index contributed by atoms with van der Waals surface area (Å²) >= 11 is 0. The molecule has 82 valence electrons. The molecular formula is C10H16N4O. The number of piperazine rings is 1. The van der Waals surface area contributed by atoms with Crippen molar-refractivity contribution >= 4 is 5.91 Å². The summed E-state index contributed by atoms with van der Waals surface area (Å²) < 4.78 is 1.77. The molecule has 0 unspecified atom stereocenters. The first kappa shape index (κ1) is 10.2. The molecule has 1 aromatic heterocycles. The van der Waals surface area contributed by atoms with Crippen molar-refractivity contribution in [3.8, 4) is 0 Å². The molecule has 2 rings (SSSR count). The number of rotatable bonds is 2. The monoisotopic (exact) mass is 208 g/mol. The van der Waals surface area contributed by atoms with Crippen molar-refractivity contribution in [2.24, 2.45) is 0 Å². The molecule has 5 nitrogen and oxygen atoms in total. The summed E-state index contributed by atoms with van der Waals surface area (Å²) in [4.78, 5) is 13.8. The zero-order valence-electron chi connectivity index (χ0n) is 8.94. The van der Waals surface area contributed by atoms with Gasteiger partial charge in [0.15, 0.2) is 0 Å². The topological polar surface area (TPSA) is 50.2 Å². The van der Waals surface area contributed by atoms with Crippen LogP contribution in [0.2, 0.25) is 0 Å². The van der Waals surface area contributed by atoms with Gasteiger partial charge >= 0.3 is 0 Å². The van der Waals surface area contributed by atoms with Crippen LogP contribution in [0.5, 0.6) is 0 Å². The second-order valence-electron chi connectivity index (χ2n) is 3.63. The Balaban J connectivity index is 2.05. The van der Waals surface area contributed by atoms with Gasteiger partial charge in [-0.3, -0.25) is 9.48 Å². The second-order valence-corrected chi connectivity index (χ2v) is 3.63. The molecule has 0 bridgehead atoms. The van der Waals surface area contributed by atoms with Crippen LogP contribution < -0.4 is 5.32 Å². The van der Waals surface area contributed by atoms with Gasteiger partial charge in [0.2, 0.25) is 0 Å². The van der Waals surface area contributed by atoms with E-state index >= 15 is 0 Å². The third-order valence-corrected chi connectivity index (χ3v) is 2.61. The number of nitrogens with one attached hydrogen (secondary N) is 1. The van der Waals surface area contributed by atoms with Gasteiger partial charge in [-0.1, -0.05) is 0 Å². The number of carbonyl (C=O) groups is 1. The Morgan fingerprint density at radius 1 is 1.53 bits per heavy atom. The molecule has 1 saturated heterocycles. The maximum Gasteiger partial charge on any atom is 0.257 e. The highest BCUT2D eigenvalue weighted by Crippen LogP contribution is 2.04. The minimum absolute atomic E-state index is 0.0937. The molecule has 15 heavy (non-hydrogen) atoms. The summed E-state index contributed by atoms with van der Waals surface area (Å²) in [6, 6.07) is 0. The fourth-order valence-corrected chi connectivity index (χ4v) is 1.70. The van der Waals surface area contributed by atoms with E-state index < -0.39 is 0 Å². The molecule has 5 heteroatoms. The number of aromatic nitrogens is 2. The molecule has 0 saturated carbocycles. The molecule has 1 aliphatic heterocycles. The predicted octanol–water partition coefficient (Wildman–Crippen LogP) is -0.0516. The Labute approximate surface area is 89.1 Å². The minimum atomic E-state index is 0.0937. The van der Waals surface area contributed by atoms with Crippen LogP contribution in [-0.2, 0) is 6.54 Å². The van der Waals surface area contributed by atoms with E-state index in [4.69, 9.17) is 0 Å². The van der Waals surface area contributed by atoms with Crippen molar-refractivity contribution in [3.63, 3.8) is 0 Å². The van der Waals surface area contributed by atoms with E-state index in [0.717, 1.165) is 32.7 Å². The maximum absolute atomic E-state index is 12.0. The van der Waals surface area contributed by atoms with Crippen LogP contribution in [0.25, 0.3) is 0 Å². The smallest absolute Gasteiger partial charge is 0.257 e. The molecule has 0 spiro atoms. The average Bonchev–Trinajstić information content (AvgIpc) is 2.78. The van der Waals surface area contributed by atoms with Gasteiger partial charge in [-0.15, -0.1) is 0 Å². The van der Waals surface area contributed by atoms with Crippen LogP contribution >= 0.6 is 0 Å². The maximum atomic E-state index is 12.0. The summed E-state index contributed by atoms with van der Waals surface area (Å²) in [5.74, 6) is 0.0937. The van der Waals surface area contributed by atoms with Gasteiger partial charge in [0, 0.05) is 38.9 Å². The highest BCUT2D eigenvalue weighted by Gasteiger charge is 2.18. The van der Waals surface area contributed by atoms with Gasteiger partial charge in [-0.25, -0.2) is 0 Å². The molecule has 0 radical (unpaired) electrons. The summed E-state index contributed by atoms with van der Waals surface area (Å²) in [6.45, 7) is 6.15. The van der Waals surface area contributed by atoms with E-state index in [9.17, 15) is 4.79 Å². The summed E-state index contributed by atoms with van der Waals surface area (Å²) in [5.41, 5.74) is 0.693. The van der Waals surface area contributed by atoms with Gasteiger partial charge in [-0.05, 0) is 6.92 Å². The number of nitrogens with zero attached hydrogens (tertiary/aromatic N) is 3. The summed E-state index contributed by atoms with van der Waals surface area (Å²) in [5, 5.41) is 7.33. The van der Waals surface area contributed by atoms with Crippen molar-refractivity contribution in [1.29, 1.82) is 0 Å². The van der Waals surface area contributed by atoms with Crippen molar-refractivity contribution in [3.05, 3.63) is 18.0 Å². The summed E-state index contributed by atoms with van der Waals surface area (Å²) in [7, 11) is 0. The minimum Gasteiger partial charge on any atom is -0.336 e. The Hall–Kier alpha value is -1.36. The van der Waals surface area contributed by atoms with Crippen molar-refractivity contribution in [2.45, 2.75) is 13.5 Å². The van der Waals surface area contributed by atoms with Crippen LogP contribution in [0, 0.1) is 0 Å². The molecule has 1 amide bonds. The molecule has 0 aromatic carbocycles. The van der Waals surface area contributed by atoms with Crippen molar-refractivity contribution < 1.29 is 4.79 Å². The van der Waals surface area contributed by atoms with Crippen LogP contribution in [-0.4, -0.2) is 46.8 Å². The van der Waals surface area contributed by atoms with E-state index in [0.29, 0.717) is 5.56 Å². The molecule has 1 aromatic rings. The predicted molar refractivity (Wildman–Crippen MR) is 56.7 cm³/mol. The lowest BCUT2D eigenvalue weighted by molar-refractivity contribution is 0.0735. The Morgan fingerprint density at radius 2 is 2.27 bits per heavy atom. The van der Waals surface area contributed by atoms with E-state index in [1.165, 1.54) is 0 Å². The largest absolute Gasteiger partial charge is 0.336 e. The lowest BCUT2D eigenvalue weighted by Gasteiger charge is -2.26. The number of hydrogen-bond acceptors (Lipinski definition) is 3. The first-order valence-electron chi connectivity index (χ1n) is 5.33. The van der Waals surface area contributed by atoms with Gasteiger partial charge in [0.1, 0.15) is 0 Å². The highest BCUT2D eigenvalue weighted by molar-refractivity contribution is 5.93. The first-order chi connectivity index (χ1) is 7.31. The number of aryl methyl sites for hydroxylation is 1. The molecule has 0 atom stereocenters. The highest BCUT2D eigenvalue weighted by atomic mass is 16.2. The number of carbonyl (C=O) groups excluding carboxylic acids is 1. The normalized spacial score (nSPS) is 16.7. The van der Waals surface area contributed by atoms with Gasteiger partial charge < -0.3 is 10.2 Å². The third-order valence-electron chi connectivity index (χ3n) is 2.61. The standard InChI is InChI=1S/C10H16N4O/c1-2-14-8-9(7-12-14)10(15)13-5-3-11-4-6-13/h7-8,11H,2-6H2,1H3. The van der Waals surface area contributed by atoms with Gasteiger partial charge in [-0.2, -0.15) is 5.10 Å². The molecule has 2 heterocycles. The van der Waals surface area contributed by atoms with E-state index in [-0.39, 0.29) is 5.91 Å². The fraction of sp³-hybridized carbons (Fsp3) is 0.600. The molecular weight excluding hydrogens is 192 g/mol.